The van der Waals surface area contributed by atoms with Gasteiger partial charge in [0, 0.05) is 6.07 Å². The quantitative estimate of drug-likeness (QED) is 0.405. The molecule has 0 fully saturated rings. The number of hydrogen-bond donors (Lipinski definition) is 2. The number of alkyl halides is 6. The van der Waals surface area contributed by atoms with Crippen LogP contribution in [0, 0.1) is 5.82 Å². The van der Waals surface area contributed by atoms with Crippen LogP contribution in [0.1, 0.15) is 11.1 Å². The lowest BCUT2D eigenvalue weighted by Gasteiger charge is -2.15. The number of halogens is 7. The molecule has 188 valence electrons. The molecule has 0 saturated carbocycles. The molecule has 3 aromatic carbocycles. The van der Waals surface area contributed by atoms with Gasteiger partial charge in [-0.1, -0.05) is 0 Å². The van der Waals surface area contributed by atoms with Crippen molar-refractivity contribution in [1.29, 1.82) is 0 Å². The Morgan fingerprint density at radius 3 is 1.29 bits per heavy atom. The first-order chi connectivity index (χ1) is 16.0. The standard InChI is InChI=1S/C20H13F7N2O4S2/c21-14-5-10-17(28-34(30,31)15-6-1-12(2-7-15)19(22,23)24)18(11-14)29-35(32,33)16-8-3-13(4-9-16)20(25,26)27/h1-11,28-29H. The van der Waals surface area contributed by atoms with Gasteiger partial charge in [-0.2, -0.15) is 26.3 Å². The van der Waals surface area contributed by atoms with Crippen molar-refractivity contribution in [2.24, 2.45) is 0 Å². The third-order valence-electron chi connectivity index (χ3n) is 4.45. The van der Waals surface area contributed by atoms with Gasteiger partial charge in [0.05, 0.1) is 32.3 Å². The Morgan fingerprint density at radius 2 is 0.914 bits per heavy atom. The summed E-state index contributed by atoms with van der Waals surface area (Å²) in [6, 6.07) is 6.92. The average molecular weight is 542 g/mol. The molecule has 0 amide bonds. The largest absolute Gasteiger partial charge is 0.416 e. The van der Waals surface area contributed by atoms with Crippen molar-refractivity contribution in [2.45, 2.75) is 22.1 Å². The molecular formula is C20H13F7N2O4S2. The highest BCUT2D eigenvalue weighted by atomic mass is 32.2. The summed E-state index contributed by atoms with van der Waals surface area (Å²) >= 11 is 0. The molecule has 0 aromatic heterocycles. The number of benzene rings is 3. The van der Waals surface area contributed by atoms with E-state index in [2.05, 4.69) is 0 Å². The van der Waals surface area contributed by atoms with Crippen LogP contribution in [-0.2, 0) is 32.4 Å². The lowest BCUT2D eigenvalue weighted by atomic mass is 10.2. The highest BCUT2D eigenvalue weighted by molar-refractivity contribution is 7.93. The molecule has 15 heteroatoms. The van der Waals surface area contributed by atoms with Crippen LogP contribution >= 0.6 is 0 Å². The Hall–Kier alpha value is -3.33. The van der Waals surface area contributed by atoms with Gasteiger partial charge in [0.2, 0.25) is 0 Å². The first kappa shape index (κ1) is 26.3. The van der Waals surface area contributed by atoms with Crippen LogP contribution in [0.2, 0.25) is 0 Å². The van der Waals surface area contributed by atoms with E-state index in [1.165, 1.54) is 0 Å². The molecule has 0 heterocycles. The summed E-state index contributed by atoms with van der Waals surface area (Å²) < 4.78 is 144. The zero-order valence-electron chi connectivity index (χ0n) is 16.9. The summed E-state index contributed by atoms with van der Waals surface area (Å²) in [5, 5.41) is 0. The van der Waals surface area contributed by atoms with Crippen LogP contribution in [0.25, 0.3) is 0 Å². The van der Waals surface area contributed by atoms with Gasteiger partial charge in [-0.25, -0.2) is 21.2 Å². The van der Waals surface area contributed by atoms with Crippen LogP contribution in [0.3, 0.4) is 0 Å². The minimum Gasteiger partial charge on any atom is -0.277 e. The SMILES string of the molecule is O=S(=O)(Nc1ccc(F)cc1NS(=O)(=O)c1ccc(C(F)(F)F)cc1)c1ccc(C(F)(F)F)cc1. The Kier molecular flexibility index (Phi) is 6.78. The van der Waals surface area contributed by atoms with E-state index >= 15 is 0 Å². The van der Waals surface area contributed by atoms with E-state index in [1.807, 2.05) is 9.44 Å². The minimum absolute atomic E-state index is 0.498. The predicted octanol–water partition coefficient (Wildman–Crippen LogP) is 5.46. The highest BCUT2D eigenvalue weighted by Gasteiger charge is 2.32. The molecular weight excluding hydrogens is 529 g/mol. The van der Waals surface area contributed by atoms with Gasteiger partial charge in [-0.15, -0.1) is 0 Å². The van der Waals surface area contributed by atoms with Crippen LogP contribution in [0.4, 0.5) is 42.1 Å². The van der Waals surface area contributed by atoms with Gasteiger partial charge in [0.1, 0.15) is 5.82 Å². The molecule has 3 aromatic rings. The number of anilines is 2. The molecule has 0 saturated heterocycles. The van der Waals surface area contributed by atoms with Crippen LogP contribution in [0.15, 0.2) is 76.5 Å². The first-order valence-corrected chi connectivity index (χ1v) is 12.2. The summed E-state index contributed by atoms with van der Waals surface area (Å²) in [5.41, 5.74) is -3.35. The van der Waals surface area contributed by atoms with E-state index in [0.717, 1.165) is 12.1 Å². The van der Waals surface area contributed by atoms with Gasteiger partial charge in [0.25, 0.3) is 20.0 Å². The van der Waals surface area contributed by atoms with Gasteiger partial charge in [-0.05, 0) is 60.7 Å². The van der Waals surface area contributed by atoms with Crippen LogP contribution in [0.5, 0.6) is 0 Å². The molecule has 35 heavy (non-hydrogen) atoms. The molecule has 6 nitrogen and oxygen atoms in total. The van der Waals surface area contributed by atoms with Gasteiger partial charge in [-0.3, -0.25) is 9.44 Å². The summed E-state index contributed by atoms with van der Waals surface area (Å²) in [4.78, 5) is -1.24. The average Bonchev–Trinajstić information content (AvgIpc) is 2.74. The third-order valence-corrected chi connectivity index (χ3v) is 7.22. The van der Waals surface area contributed by atoms with Gasteiger partial charge >= 0.3 is 12.4 Å². The number of nitrogens with one attached hydrogen (secondary N) is 2. The monoisotopic (exact) mass is 542 g/mol. The van der Waals surface area contributed by atoms with Gasteiger partial charge < -0.3 is 0 Å². The predicted molar refractivity (Wildman–Crippen MR) is 111 cm³/mol. The maximum Gasteiger partial charge on any atom is 0.416 e. The molecule has 0 bridgehead atoms. The Bertz CT molecular complexity index is 1430. The van der Waals surface area contributed by atoms with E-state index in [0.29, 0.717) is 54.6 Å². The van der Waals surface area contributed by atoms with Gasteiger partial charge in [0.15, 0.2) is 0 Å². The summed E-state index contributed by atoms with van der Waals surface area (Å²) in [6.07, 6.45) is -9.43. The van der Waals surface area contributed by atoms with Crippen molar-refractivity contribution >= 4 is 31.4 Å². The lowest BCUT2D eigenvalue weighted by molar-refractivity contribution is -0.138. The molecule has 0 atom stereocenters. The fourth-order valence-corrected chi connectivity index (χ4v) is 4.89. The van der Waals surface area contributed by atoms with Crippen molar-refractivity contribution in [1.82, 2.24) is 0 Å². The fourth-order valence-electron chi connectivity index (χ4n) is 2.74. The molecule has 0 aliphatic heterocycles. The number of sulfonamides is 2. The van der Waals surface area contributed by atoms with Crippen LogP contribution < -0.4 is 9.44 Å². The van der Waals surface area contributed by atoms with E-state index < -0.39 is 70.5 Å². The maximum atomic E-state index is 13.8. The molecule has 0 unspecified atom stereocenters. The molecule has 0 spiro atoms. The summed E-state index contributed by atoms with van der Waals surface area (Å²) in [6.45, 7) is 0. The smallest absolute Gasteiger partial charge is 0.277 e. The molecule has 2 N–H and O–H groups in total. The second kappa shape index (κ2) is 9.03. The van der Waals surface area contributed by atoms with E-state index in [-0.39, 0.29) is 0 Å². The van der Waals surface area contributed by atoms with E-state index in [4.69, 9.17) is 0 Å². The fraction of sp³-hybridized carbons (Fsp3) is 0.100. The second-order valence-corrected chi connectivity index (χ2v) is 10.3. The Labute approximate surface area is 194 Å². The van der Waals surface area contributed by atoms with Crippen molar-refractivity contribution in [2.75, 3.05) is 9.44 Å². The number of hydrogen-bond acceptors (Lipinski definition) is 4. The first-order valence-electron chi connectivity index (χ1n) is 9.19. The second-order valence-electron chi connectivity index (χ2n) is 6.95. The van der Waals surface area contributed by atoms with E-state index in [9.17, 15) is 47.6 Å². The van der Waals surface area contributed by atoms with E-state index in [1.54, 1.807) is 0 Å². The molecule has 0 aliphatic rings. The van der Waals surface area contributed by atoms with Crippen molar-refractivity contribution < 1.29 is 47.6 Å². The Morgan fingerprint density at radius 1 is 0.543 bits per heavy atom. The molecule has 3 rings (SSSR count). The lowest BCUT2D eigenvalue weighted by Crippen LogP contribution is -2.18. The third kappa shape index (κ3) is 6.22. The molecule has 0 aliphatic carbocycles. The van der Waals surface area contributed by atoms with Crippen molar-refractivity contribution in [3.05, 3.63) is 83.7 Å². The Balaban J connectivity index is 1.91. The topological polar surface area (TPSA) is 92.3 Å². The minimum atomic E-state index is -4.72. The summed E-state index contributed by atoms with van der Waals surface area (Å²) in [7, 11) is -9.15. The van der Waals surface area contributed by atoms with Crippen LogP contribution in [-0.4, -0.2) is 16.8 Å². The zero-order chi connectivity index (χ0) is 26.2. The molecule has 0 radical (unpaired) electrons. The van der Waals surface area contributed by atoms with Crippen molar-refractivity contribution in [3.8, 4) is 0 Å². The maximum absolute atomic E-state index is 13.8. The van der Waals surface area contributed by atoms with Crippen molar-refractivity contribution in [3.63, 3.8) is 0 Å². The number of rotatable bonds is 6. The highest BCUT2D eigenvalue weighted by Crippen LogP contribution is 2.33. The summed E-state index contributed by atoms with van der Waals surface area (Å²) in [5.74, 6) is -0.993. The normalized spacial score (nSPS) is 12.9. The zero-order valence-corrected chi connectivity index (χ0v) is 18.6.